The van der Waals surface area contributed by atoms with Gasteiger partial charge >= 0.3 is 18.3 Å². The predicted molar refractivity (Wildman–Crippen MR) is 132 cm³/mol. The van der Waals surface area contributed by atoms with Crippen LogP contribution in [0.5, 0.6) is 0 Å². The van der Waals surface area contributed by atoms with E-state index in [-0.39, 0.29) is 29.2 Å². The number of nitrogens with zero attached hydrogens (tertiary/aromatic N) is 6. The minimum absolute atomic E-state index is 0.0222. The summed E-state index contributed by atoms with van der Waals surface area (Å²) in [5, 5.41) is 6.85. The third kappa shape index (κ3) is 5.59. The van der Waals surface area contributed by atoms with Crippen LogP contribution >= 0.6 is 0 Å². The lowest BCUT2D eigenvalue weighted by Crippen LogP contribution is -2.50. The van der Waals surface area contributed by atoms with Crippen molar-refractivity contribution in [2.24, 2.45) is 0 Å². The molecular weight excluding hydrogens is 521 g/mol. The van der Waals surface area contributed by atoms with E-state index in [1.807, 2.05) is 0 Å². The number of carbonyl (C=O) groups is 1. The van der Waals surface area contributed by atoms with Crippen LogP contribution in [0.15, 0.2) is 44.1 Å². The Hall–Kier alpha value is -4.36. The largest absolute Gasteiger partial charge is 0.444 e. The Morgan fingerprint density at radius 1 is 1.10 bits per heavy atom. The number of anilines is 1. The summed E-state index contributed by atoms with van der Waals surface area (Å²) in [6, 6.07) is 5.79. The number of piperazine rings is 1. The lowest BCUT2D eigenvalue weighted by molar-refractivity contribution is 0.0240. The van der Waals surface area contributed by atoms with Crippen molar-refractivity contribution in [1.29, 1.82) is 0 Å². The Balaban J connectivity index is 1.31. The van der Waals surface area contributed by atoms with Crippen molar-refractivity contribution in [2.75, 3.05) is 31.1 Å². The fraction of sp³-hybridized carbons (Fsp3) is 0.400. The van der Waals surface area contributed by atoms with Crippen molar-refractivity contribution in [2.45, 2.75) is 39.3 Å². The number of pyridine rings is 1. The number of rotatable bonds is 5. The predicted octanol–water partition coefficient (Wildman–Crippen LogP) is 4.22. The zero-order valence-corrected chi connectivity index (χ0v) is 21.4. The molecule has 39 heavy (non-hydrogen) atoms. The molecule has 0 spiro atoms. The van der Waals surface area contributed by atoms with Crippen LogP contribution in [0.1, 0.15) is 38.8 Å². The van der Waals surface area contributed by atoms with Crippen LogP contribution in [0.4, 0.5) is 23.7 Å². The number of aromatic nitrogens is 4. The maximum atomic E-state index is 15.2. The quantitative estimate of drug-likeness (QED) is 0.362. The Labute approximate surface area is 219 Å². The molecule has 0 unspecified atom stereocenters. The van der Waals surface area contributed by atoms with Gasteiger partial charge in [0.15, 0.2) is 5.58 Å². The zero-order chi connectivity index (χ0) is 27.9. The van der Waals surface area contributed by atoms with E-state index >= 15 is 4.39 Å². The highest BCUT2D eigenvalue weighted by Gasteiger charge is 2.27. The minimum Gasteiger partial charge on any atom is -0.444 e. The lowest BCUT2D eigenvalue weighted by Gasteiger charge is -2.36. The van der Waals surface area contributed by atoms with Gasteiger partial charge in [0, 0.05) is 44.5 Å². The zero-order valence-electron chi connectivity index (χ0n) is 21.4. The molecule has 0 bridgehead atoms. The minimum atomic E-state index is -2.89. The van der Waals surface area contributed by atoms with Crippen LogP contribution in [0.25, 0.3) is 22.6 Å². The topological polar surface area (TPSA) is 120 Å². The van der Waals surface area contributed by atoms with Crippen molar-refractivity contribution < 1.29 is 31.5 Å². The highest BCUT2D eigenvalue weighted by molar-refractivity contribution is 5.78. The summed E-state index contributed by atoms with van der Waals surface area (Å²) in [5.74, 6) is -2.15. The number of alkyl halides is 2. The first kappa shape index (κ1) is 26.3. The molecule has 4 heterocycles. The van der Waals surface area contributed by atoms with Gasteiger partial charge in [0.05, 0.1) is 29.0 Å². The molecule has 1 fully saturated rings. The highest BCUT2D eigenvalue weighted by atomic mass is 19.3. The second-order valence-electron chi connectivity index (χ2n) is 9.96. The number of fused-ring (bicyclic) bond motifs is 1. The summed E-state index contributed by atoms with van der Waals surface area (Å²) in [4.78, 5) is 32.5. The number of carbonyl (C=O) groups excluding carboxylic acids is 1. The molecule has 206 valence electrons. The maximum Gasteiger partial charge on any atom is 0.420 e. The fourth-order valence-electron chi connectivity index (χ4n) is 4.17. The summed E-state index contributed by atoms with van der Waals surface area (Å²) in [6.07, 6.45) is -1.96. The van der Waals surface area contributed by atoms with E-state index in [1.54, 1.807) is 36.6 Å². The molecule has 1 aliphatic heterocycles. The molecule has 1 aliphatic rings. The van der Waals surface area contributed by atoms with E-state index < -0.39 is 35.6 Å². The van der Waals surface area contributed by atoms with Gasteiger partial charge in [-0.15, -0.1) is 10.2 Å². The monoisotopic (exact) mass is 546 g/mol. The molecule has 1 amide bonds. The normalized spacial score (nSPS) is 14.4. The van der Waals surface area contributed by atoms with Crippen molar-refractivity contribution in [3.8, 4) is 11.5 Å². The average Bonchev–Trinajstić information content (AvgIpc) is 3.49. The Morgan fingerprint density at radius 2 is 1.85 bits per heavy atom. The van der Waals surface area contributed by atoms with Crippen molar-refractivity contribution in [1.82, 2.24) is 24.6 Å². The standard InChI is InChI=1S/C25H25F3N6O5/c1-25(2,3)39-23(35)33-8-6-32(7-9-33)17-11-19-18(10-16(17)26)34(24(36)37-19)13-15-5-4-14(12-29-15)21-30-31-22(38-21)20(27)28/h4-5,10-12,20H,6-9,13H2,1-3H3. The fourth-order valence-corrected chi connectivity index (χ4v) is 4.17. The molecule has 14 heteroatoms. The van der Waals surface area contributed by atoms with E-state index in [9.17, 15) is 18.4 Å². The van der Waals surface area contributed by atoms with E-state index in [4.69, 9.17) is 13.6 Å². The average molecular weight is 547 g/mol. The molecule has 0 saturated carbocycles. The second kappa shape index (κ2) is 10.1. The van der Waals surface area contributed by atoms with Crippen molar-refractivity contribution in [3.05, 3.63) is 58.4 Å². The molecule has 5 rings (SSSR count). The van der Waals surface area contributed by atoms with Crippen molar-refractivity contribution in [3.63, 3.8) is 0 Å². The van der Waals surface area contributed by atoms with Gasteiger partial charge < -0.3 is 23.4 Å². The van der Waals surface area contributed by atoms with Crippen LogP contribution in [0, 0.1) is 5.82 Å². The summed E-state index contributed by atoms with van der Waals surface area (Å²) in [5.41, 5.74) is 0.857. The van der Waals surface area contributed by atoms with Gasteiger partial charge in [-0.25, -0.2) is 14.0 Å². The molecule has 0 aliphatic carbocycles. The van der Waals surface area contributed by atoms with Crippen LogP contribution in [0.3, 0.4) is 0 Å². The smallest absolute Gasteiger partial charge is 0.420 e. The maximum absolute atomic E-state index is 15.2. The van der Waals surface area contributed by atoms with Crippen LogP contribution < -0.4 is 10.7 Å². The number of hydrogen-bond acceptors (Lipinski definition) is 9. The molecule has 0 atom stereocenters. The van der Waals surface area contributed by atoms with Crippen LogP contribution in [-0.4, -0.2) is 62.5 Å². The molecule has 3 aromatic heterocycles. The van der Waals surface area contributed by atoms with Gasteiger partial charge in [0.2, 0.25) is 5.89 Å². The summed E-state index contributed by atoms with van der Waals surface area (Å²) >= 11 is 0. The SMILES string of the molecule is CC(C)(C)OC(=O)N1CCN(c2cc3oc(=O)n(Cc4ccc(-c5nnc(C(F)F)o5)cn4)c3cc2F)CC1. The first-order chi connectivity index (χ1) is 18.5. The molecule has 1 saturated heterocycles. The van der Waals surface area contributed by atoms with Gasteiger partial charge in [-0.2, -0.15) is 8.78 Å². The first-order valence-electron chi connectivity index (χ1n) is 12.1. The number of halogens is 3. The van der Waals surface area contributed by atoms with Gasteiger partial charge in [-0.1, -0.05) is 0 Å². The summed E-state index contributed by atoms with van der Waals surface area (Å²) in [6.45, 7) is 6.81. The van der Waals surface area contributed by atoms with Crippen LogP contribution in [-0.2, 0) is 11.3 Å². The van der Waals surface area contributed by atoms with Gasteiger partial charge in [-0.05, 0) is 32.9 Å². The van der Waals surface area contributed by atoms with Crippen LogP contribution in [0.2, 0.25) is 0 Å². The highest BCUT2D eigenvalue weighted by Crippen LogP contribution is 2.28. The third-order valence-electron chi connectivity index (χ3n) is 6.03. The number of amides is 1. The number of hydrogen-bond donors (Lipinski definition) is 0. The first-order valence-corrected chi connectivity index (χ1v) is 12.1. The van der Waals surface area contributed by atoms with E-state index in [1.165, 1.54) is 29.0 Å². The molecule has 0 radical (unpaired) electrons. The van der Waals surface area contributed by atoms with E-state index in [0.29, 0.717) is 37.4 Å². The molecule has 0 N–H and O–H groups in total. The second-order valence-corrected chi connectivity index (χ2v) is 9.96. The van der Waals surface area contributed by atoms with Gasteiger partial charge in [0.1, 0.15) is 11.4 Å². The number of ether oxygens (including phenoxy) is 1. The Morgan fingerprint density at radius 3 is 2.46 bits per heavy atom. The third-order valence-corrected chi connectivity index (χ3v) is 6.03. The molecule has 11 nitrogen and oxygen atoms in total. The lowest BCUT2D eigenvalue weighted by atomic mass is 10.2. The van der Waals surface area contributed by atoms with Gasteiger partial charge in [-0.3, -0.25) is 9.55 Å². The van der Waals surface area contributed by atoms with E-state index in [0.717, 1.165) is 0 Å². The summed E-state index contributed by atoms with van der Waals surface area (Å²) < 4.78 is 57.5. The van der Waals surface area contributed by atoms with Gasteiger partial charge in [0.25, 0.3) is 5.89 Å². The number of benzene rings is 1. The Kier molecular flexibility index (Phi) is 6.78. The number of oxazole rings is 1. The van der Waals surface area contributed by atoms with Crippen molar-refractivity contribution >= 4 is 22.9 Å². The Bertz CT molecular complexity index is 1550. The van der Waals surface area contributed by atoms with E-state index in [2.05, 4.69) is 15.2 Å². The summed E-state index contributed by atoms with van der Waals surface area (Å²) in [7, 11) is 0. The molecule has 4 aromatic rings. The molecule has 1 aromatic carbocycles. The molecular formula is C25H25F3N6O5.